The Bertz CT molecular complexity index is 614. The van der Waals surface area contributed by atoms with E-state index < -0.39 is 0 Å². The highest BCUT2D eigenvalue weighted by Gasteiger charge is 2.22. The molecule has 1 heterocycles. The third-order valence-electron chi connectivity index (χ3n) is 4.06. The van der Waals surface area contributed by atoms with Crippen LogP contribution in [-0.4, -0.2) is 49.5 Å². The zero-order chi connectivity index (χ0) is 14.7. The molecule has 0 bridgehead atoms. The van der Waals surface area contributed by atoms with E-state index in [0.29, 0.717) is 6.61 Å². The van der Waals surface area contributed by atoms with Gasteiger partial charge in [-0.05, 0) is 34.5 Å². The SMILES string of the molecule is COc1ccc2cc(CN3CCOC[C@H]3CO)ccc2c1. The van der Waals surface area contributed by atoms with Gasteiger partial charge in [-0.1, -0.05) is 18.2 Å². The van der Waals surface area contributed by atoms with Crippen molar-refractivity contribution < 1.29 is 14.6 Å². The van der Waals surface area contributed by atoms with Crippen LogP contribution >= 0.6 is 0 Å². The summed E-state index contributed by atoms with van der Waals surface area (Å²) in [4.78, 5) is 2.29. The van der Waals surface area contributed by atoms with E-state index in [4.69, 9.17) is 9.47 Å². The molecule has 112 valence electrons. The van der Waals surface area contributed by atoms with Gasteiger partial charge in [-0.15, -0.1) is 0 Å². The van der Waals surface area contributed by atoms with Gasteiger partial charge in [0.05, 0.1) is 33.0 Å². The zero-order valence-electron chi connectivity index (χ0n) is 12.3. The number of fused-ring (bicyclic) bond motifs is 1. The third-order valence-corrected chi connectivity index (χ3v) is 4.06. The number of hydrogen-bond acceptors (Lipinski definition) is 4. The minimum atomic E-state index is 0.102. The van der Waals surface area contributed by atoms with Gasteiger partial charge >= 0.3 is 0 Å². The normalized spacial score (nSPS) is 19.8. The van der Waals surface area contributed by atoms with Gasteiger partial charge in [0, 0.05) is 13.1 Å². The summed E-state index contributed by atoms with van der Waals surface area (Å²) in [6.45, 7) is 3.20. The molecule has 0 saturated carbocycles. The second kappa shape index (κ2) is 6.43. The van der Waals surface area contributed by atoms with Crippen LogP contribution in [0.25, 0.3) is 10.8 Å². The van der Waals surface area contributed by atoms with Crippen LogP contribution in [0, 0.1) is 0 Å². The van der Waals surface area contributed by atoms with Crippen LogP contribution in [-0.2, 0) is 11.3 Å². The van der Waals surface area contributed by atoms with Crippen molar-refractivity contribution in [3.8, 4) is 5.75 Å². The molecule has 1 N–H and O–H groups in total. The molecule has 21 heavy (non-hydrogen) atoms. The molecule has 0 unspecified atom stereocenters. The van der Waals surface area contributed by atoms with E-state index in [1.165, 1.54) is 16.3 Å². The second-order valence-corrected chi connectivity index (χ2v) is 5.43. The summed E-state index contributed by atoms with van der Waals surface area (Å²) in [7, 11) is 1.68. The fourth-order valence-corrected chi connectivity index (χ4v) is 2.80. The molecule has 0 amide bonds. The first kappa shape index (κ1) is 14.3. The number of rotatable bonds is 4. The highest BCUT2D eigenvalue weighted by molar-refractivity contribution is 5.84. The Labute approximate surface area is 124 Å². The number of nitrogens with zero attached hydrogens (tertiary/aromatic N) is 1. The number of morpholine rings is 1. The zero-order valence-corrected chi connectivity index (χ0v) is 12.3. The molecule has 1 atom stereocenters. The maximum Gasteiger partial charge on any atom is 0.119 e. The minimum Gasteiger partial charge on any atom is -0.497 e. The molecule has 3 rings (SSSR count). The summed E-state index contributed by atoms with van der Waals surface area (Å²) in [5.74, 6) is 0.878. The summed E-state index contributed by atoms with van der Waals surface area (Å²) >= 11 is 0. The molecule has 1 aliphatic rings. The van der Waals surface area contributed by atoms with Gasteiger partial charge in [0.25, 0.3) is 0 Å². The fraction of sp³-hybridized carbons (Fsp3) is 0.412. The van der Waals surface area contributed by atoms with E-state index >= 15 is 0 Å². The maximum absolute atomic E-state index is 9.43. The number of hydrogen-bond donors (Lipinski definition) is 1. The third kappa shape index (κ3) is 3.18. The molecule has 0 spiro atoms. The van der Waals surface area contributed by atoms with Gasteiger partial charge < -0.3 is 14.6 Å². The molecule has 4 heteroatoms. The van der Waals surface area contributed by atoms with Gasteiger partial charge in [0.2, 0.25) is 0 Å². The quantitative estimate of drug-likeness (QED) is 0.934. The Morgan fingerprint density at radius 2 is 2.05 bits per heavy atom. The lowest BCUT2D eigenvalue weighted by Gasteiger charge is -2.34. The molecule has 0 aliphatic carbocycles. The predicted octanol–water partition coefficient (Wildman–Crippen LogP) is 2.04. The van der Waals surface area contributed by atoms with Crippen LogP contribution < -0.4 is 4.74 Å². The Kier molecular flexibility index (Phi) is 4.39. The van der Waals surface area contributed by atoms with Crippen molar-refractivity contribution in [2.45, 2.75) is 12.6 Å². The fourth-order valence-electron chi connectivity index (χ4n) is 2.80. The van der Waals surface area contributed by atoms with Crippen molar-refractivity contribution in [3.05, 3.63) is 42.0 Å². The Balaban J connectivity index is 1.80. The predicted molar refractivity (Wildman–Crippen MR) is 82.6 cm³/mol. The number of aliphatic hydroxyl groups is 1. The van der Waals surface area contributed by atoms with Crippen molar-refractivity contribution in [2.24, 2.45) is 0 Å². The van der Waals surface area contributed by atoms with E-state index in [1.807, 2.05) is 12.1 Å². The van der Waals surface area contributed by atoms with Crippen molar-refractivity contribution in [3.63, 3.8) is 0 Å². The van der Waals surface area contributed by atoms with E-state index in [-0.39, 0.29) is 12.6 Å². The van der Waals surface area contributed by atoms with Crippen molar-refractivity contribution in [2.75, 3.05) is 33.5 Å². The molecule has 0 aromatic heterocycles. The van der Waals surface area contributed by atoms with Gasteiger partial charge in [-0.25, -0.2) is 0 Å². The smallest absolute Gasteiger partial charge is 0.119 e. The topological polar surface area (TPSA) is 41.9 Å². The lowest BCUT2D eigenvalue weighted by molar-refractivity contribution is -0.0312. The average Bonchev–Trinajstić information content (AvgIpc) is 2.55. The van der Waals surface area contributed by atoms with Crippen LogP contribution in [0.2, 0.25) is 0 Å². The Hall–Kier alpha value is -1.62. The van der Waals surface area contributed by atoms with Gasteiger partial charge in [0.15, 0.2) is 0 Å². The number of benzene rings is 2. The number of aliphatic hydroxyl groups excluding tert-OH is 1. The Morgan fingerprint density at radius 3 is 2.86 bits per heavy atom. The first-order chi connectivity index (χ1) is 10.3. The number of methoxy groups -OCH3 is 1. The van der Waals surface area contributed by atoms with E-state index in [1.54, 1.807) is 7.11 Å². The van der Waals surface area contributed by atoms with E-state index in [0.717, 1.165) is 25.4 Å². The molecule has 4 nitrogen and oxygen atoms in total. The van der Waals surface area contributed by atoms with Crippen LogP contribution in [0.1, 0.15) is 5.56 Å². The second-order valence-electron chi connectivity index (χ2n) is 5.43. The lowest BCUT2D eigenvalue weighted by Crippen LogP contribution is -2.46. The van der Waals surface area contributed by atoms with Crippen LogP contribution in [0.15, 0.2) is 36.4 Å². The highest BCUT2D eigenvalue weighted by Crippen LogP contribution is 2.23. The van der Waals surface area contributed by atoms with Crippen molar-refractivity contribution >= 4 is 10.8 Å². The molecule has 2 aromatic carbocycles. The highest BCUT2D eigenvalue weighted by atomic mass is 16.5. The van der Waals surface area contributed by atoms with Gasteiger partial charge in [0.1, 0.15) is 5.75 Å². The van der Waals surface area contributed by atoms with Gasteiger partial charge in [-0.3, -0.25) is 4.90 Å². The van der Waals surface area contributed by atoms with Crippen LogP contribution in [0.5, 0.6) is 5.75 Å². The molecule has 2 aromatic rings. The maximum atomic E-state index is 9.43. The summed E-state index contributed by atoms with van der Waals surface area (Å²) < 4.78 is 10.7. The van der Waals surface area contributed by atoms with Crippen molar-refractivity contribution in [1.82, 2.24) is 4.90 Å². The minimum absolute atomic E-state index is 0.102. The Morgan fingerprint density at radius 1 is 1.24 bits per heavy atom. The van der Waals surface area contributed by atoms with Gasteiger partial charge in [-0.2, -0.15) is 0 Å². The standard InChI is InChI=1S/C17H21NO3/c1-20-17-5-4-14-8-13(2-3-15(14)9-17)10-18-6-7-21-12-16(18)11-19/h2-5,8-9,16,19H,6-7,10-12H2,1H3/t16-/m1/s1. The van der Waals surface area contributed by atoms with Crippen LogP contribution in [0.3, 0.4) is 0 Å². The first-order valence-electron chi connectivity index (χ1n) is 7.29. The largest absolute Gasteiger partial charge is 0.497 e. The summed E-state index contributed by atoms with van der Waals surface area (Å²) in [6, 6.07) is 12.7. The van der Waals surface area contributed by atoms with E-state index in [9.17, 15) is 5.11 Å². The lowest BCUT2D eigenvalue weighted by atomic mass is 10.1. The summed E-state index contributed by atoms with van der Waals surface area (Å²) in [5.41, 5.74) is 1.26. The first-order valence-corrected chi connectivity index (χ1v) is 7.29. The average molecular weight is 287 g/mol. The summed E-state index contributed by atoms with van der Waals surface area (Å²) in [6.07, 6.45) is 0. The number of ether oxygens (including phenoxy) is 2. The molecular weight excluding hydrogens is 266 g/mol. The molecule has 1 saturated heterocycles. The molecule has 1 aliphatic heterocycles. The summed E-state index contributed by atoms with van der Waals surface area (Å²) in [5, 5.41) is 11.8. The molecule has 1 fully saturated rings. The van der Waals surface area contributed by atoms with Crippen LogP contribution in [0.4, 0.5) is 0 Å². The van der Waals surface area contributed by atoms with Crippen molar-refractivity contribution in [1.29, 1.82) is 0 Å². The molecular formula is C17H21NO3. The molecule has 0 radical (unpaired) electrons. The van der Waals surface area contributed by atoms with E-state index in [2.05, 4.69) is 29.2 Å². The monoisotopic (exact) mass is 287 g/mol.